The molecule has 1 aromatic rings. The Hall–Kier alpha value is -1.19. The topological polar surface area (TPSA) is 46.5 Å². The lowest BCUT2D eigenvalue weighted by atomic mass is 10.2. The van der Waals surface area contributed by atoms with Gasteiger partial charge < -0.3 is 9.84 Å². The van der Waals surface area contributed by atoms with Crippen molar-refractivity contribution in [3.05, 3.63) is 33.8 Å². The molecule has 0 amide bonds. The van der Waals surface area contributed by atoms with Gasteiger partial charge in [0.05, 0.1) is 17.2 Å². The van der Waals surface area contributed by atoms with Crippen molar-refractivity contribution in [2.75, 3.05) is 7.11 Å². The van der Waals surface area contributed by atoms with Gasteiger partial charge in [0.15, 0.2) is 5.75 Å². The summed E-state index contributed by atoms with van der Waals surface area (Å²) in [6.45, 7) is 0. The minimum atomic E-state index is -1.03. The number of rotatable bonds is 3. The van der Waals surface area contributed by atoms with Crippen LogP contribution in [0, 0.1) is 0 Å². The van der Waals surface area contributed by atoms with E-state index in [0.717, 1.165) is 6.08 Å². The van der Waals surface area contributed by atoms with Gasteiger partial charge in [-0.15, -0.1) is 0 Å². The highest BCUT2D eigenvalue weighted by Crippen LogP contribution is 2.34. The molecule has 15 heavy (non-hydrogen) atoms. The molecule has 0 aliphatic carbocycles. The van der Waals surface area contributed by atoms with Crippen LogP contribution in [0.3, 0.4) is 0 Å². The maximum atomic E-state index is 10.3. The Morgan fingerprint density at radius 3 is 2.33 bits per heavy atom. The van der Waals surface area contributed by atoms with Crippen molar-refractivity contribution in [3.8, 4) is 5.75 Å². The van der Waals surface area contributed by atoms with E-state index in [4.69, 9.17) is 33.0 Å². The average Bonchev–Trinajstić information content (AvgIpc) is 2.14. The Morgan fingerprint density at radius 2 is 1.93 bits per heavy atom. The Labute approximate surface area is 96.9 Å². The maximum Gasteiger partial charge on any atom is 0.328 e. The first-order valence-corrected chi connectivity index (χ1v) is 4.74. The number of carboxylic acid groups (broad SMARTS) is 1. The Bertz CT molecular complexity index is 390. The summed E-state index contributed by atoms with van der Waals surface area (Å²) in [7, 11) is 1.46. The number of benzene rings is 1. The highest BCUT2D eigenvalue weighted by Gasteiger charge is 2.07. The van der Waals surface area contributed by atoms with Crippen molar-refractivity contribution >= 4 is 35.2 Å². The van der Waals surface area contributed by atoms with Gasteiger partial charge in [-0.2, -0.15) is 0 Å². The number of carbonyl (C=O) groups is 1. The van der Waals surface area contributed by atoms with Crippen LogP contribution in [0.4, 0.5) is 0 Å². The normalized spacial score (nSPS) is 10.6. The fourth-order valence-corrected chi connectivity index (χ4v) is 1.70. The van der Waals surface area contributed by atoms with Gasteiger partial charge in [-0.05, 0) is 23.8 Å². The number of hydrogen-bond acceptors (Lipinski definition) is 2. The van der Waals surface area contributed by atoms with Crippen molar-refractivity contribution < 1.29 is 14.6 Å². The maximum absolute atomic E-state index is 10.3. The molecule has 0 aliphatic heterocycles. The third-order valence-electron chi connectivity index (χ3n) is 1.64. The molecule has 0 unspecified atom stereocenters. The van der Waals surface area contributed by atoms with E-state index in [9.17, 15) is 4.79 Å². The first kappa shape index (κ1) is 11.9. The molecule has 0 heterocycles. The number of methoxy groups -OCH3 is 1. The molecule has 0 aromatic heterocycles. The minimum absolute atomic E-state index is 0.343. The zero-order valence-electron chi connectivity index (χ0n) is 7.83. The van der Waals surface area contributed by atoms with E-state index in [-0.39, 0.29) is 0 Å². The van der Waals surface area contributed by atoms with Crippen LogP contribution < -0.4 is 4.74 Å². The minimum Gasteiger partial charge on any atom is -0.494 e. The fraction of sp³-hybridized carbons (Fsp3) is 0.100. The zero-order valence-corrected chi connectivity index (χ0v) is 9.34. The Morgan fingerprint density at radius 1 is 1.40 bits per heavy atom. The standard InChI is InChI=1S/C10H8Cl2O3/c1-15-10-7(11)4-6(5-8(10)12)2-3-9(13)14/h2-5H,1H3,(H,13,14)/b3-2+. The lowest BCUT2D eigenvalue weighted by molar-refractivity contribution is -0.131. The van der Waals surface area contributed by atoms with Crippen molar-refractivity contribution in [2.24, 2.45) is 0 Å². The van der Waals surface area contributed by atoms with E-state index >= 15 is 0 Å². The van der Waals surface area contributed by atoms with Crippen LogP contribution in [0.25, 0.3) is 6.08 Å². The van der Waals surface area contributed by atoms with Gasteiger partial charge in [-0.1, -0.05) is 23.2 Å². The smallest absolute Gasteiger partial charge is 0.328 e. The number of hydrogen-bond donors (Lipinski definition) is 1. The number of halogens is 2. The summed E-state index contributed by atoms with van der Waals surface area (Å²) in [5.74, 6) is -0.649. The molecule has 0 aliphatic rings. The molecule has 0 atom stereocenters. The molecular weight excluding hydrogens is 239 g/mol. The van der Waals surface area contributed by atoms with Gasteiger partial charge in [0.2, 0.25) is 0 Å². The summed E-state index contributed by atoms with van der Waals surface area (Å²) in [4.78, 5) is 10.3. The first-order valence-electron chi connectivity index (χ1n) is 3.98. The Balaban J connectivity index is 3.09. The molecule has 0 saturated heterocycles. The lowest BCUT2D eigenvalue weighted by Crippen LogP contribution is -1.88. The van der Waals surface area contributed by atoms with Crippen molar-refractivity contribution in [2.45, 2.75) is 0 Å². The summed E-state index contributed by atoms with van der Waals surface area (Å²) in [6.07, 6.45) is 2.41. The molecule has 3 nitrogen and oxygen atoms in total. The van der Waals surface area contributed by atoms with Gasteiger partial charge in [-0.3, -0.25) is 0 Å². The first-order chi connectivity index (χ1) is 7.04. The van der Waals surface area contributed by atoms with Gasteiger partial charge in [0, 0.05) is 6.08 Å². The average molecular weight is 247 g/mol. The third-order valence-corrected chi connectivity index (χ3v) is 2.20. The van der Waals surface area contributed by atoms with Crippen molar-refractivity contribution in [1.82, 2.24) is 0 Å². The summed E-state index contributed by atoms with van der Waals surface area (Å²) in [6, 6.07) is 3.15. The monoisotopic (exact) mass is 246 g/mol. The second-order valence-corrected chi connectivity index (χ2v) is 3.50. The predicted octanol–water partition coefficient (Wildman–Crippen LogP) is 3.10. The van der Waals surface area contributed by atoms with E-state index in [1.807, 2.05) is 0 Å². The van der Waals surface area contributed by atoms with Crippen molar-refractivity contribution in [3.63, 3.8) is 0 Å². The van der Waals surface area contributed by atoms with Crippen LogP contribution in [0.2, 0.25) is 10.0 Å². The quantitative estimate of drug-likeness (QED) is 0.834. The van der Waals surface area contributed by atoms with E-state index in [2.05, 4.69) is 0 Å². The zero-order chi connectivity index (χ0) is 11.4. The van der Waals surface area contributed by atoms with E-state index < -0.39 is 5.97 Å². The Kier molecular flexibility index (Phi) is 4.00. The highest BCUT2D eigenvalue weighted by atomic mass is 35.5. The van der Waals surface area contributed by atoms with Gasteiger partial charge >= 0.3 is 5.97 Å². The number of aliphatic carboxylic acids is 1. The second kappa shape index (κ2) is 5.05. The summed E-state index contributed by atoms with van der Waals surface area (Å²) >= 11 is 11.7. The molecule has 5 heteroatoms. The van der Waals surface area contributed by atoms with E-state index in [1.165, 1.54) is 13.2 Å². The summed E-state index contributed by atoms with van der Waals surface area (Å²) in [5.41, 5.74) is 0.605. The number of ether oxygens (including phenoxy) is 1. The van der Waals surface area contributed by atoms with E-state index in [0.29, 0.717) is 21.4 Å². The van der Waals surface area contributed by atoms with Crippen LogP contribution in [0.5, 0.6) is 5.75 Å². The molecule has 1 aromatic carbocycles. The number of carboxylic acids is 1. The largest absolute Gasteiger partial charge is 0.494 e. The van der Waals surface area contributed by atoms with Crippen LogP contribution in [0.15, 0.2) is 18.2 Å². The molecular formula is C10H8Cl2O3. The van der Waals surface area contributed by atoms with Crippen LogP contribution in [-0.4, -0.2) is 18.2 Å². The van der Waals surface area contributed by atoms with Crippen LogP contribution >= 0.6 is 23.2 Å². The molecule has 0 spiro atoms. The molecule has 0 bridgehead atoms. The van der Waals surface area contributed by atoms with Gasteiger partial charge in [0.25, 0.3) is 0 Å². The molecule has 80 valence electrons. The molecule has 0 fully saturated rings. The third kappa shape index (κ3) is 3.15. The highest BCUT2D eigenvalue weighted by molar-refractivity contribution is 6.37. The van der Waals surface area contributed by atoms with Crippen LogP contribution in [0.1, 0.15) is 5.56 Å². The molecule has 1 rings (SSSR count). The fourth-order valence-electron chi connectivity index (χ4n) is 1.04. The second-order valence-electron chi connectivity index (χ2n) is 2.69. The van der Waals surface area contributed by atoms with Crippen molar-refractivity contribution in [1.29, 1.82) is 0 Å². The summed E-state index contributed by atoms with van der Waals surface area (Å²) < 4.78 is 4.95. The SMILES string of the molecule is COc1c(Cl)cc(/C=C/C(=O)O)cc1Cl. The van der Waals surface area contributed by atoms with Gasteiger partial charge in [0.1, 0.15) is 0 Å². The summed E-state index contributed by atoms with van der Waals surface area (Å²) in [5, 5.41) is 9.12. The van der Waals surface area contributed by atoms with Gasteiger partial charge in [-0.25, -0.2) is 4.79 Å². The van der Waals surface area contributed by atoms with E-state index in [1.54, 1.807) is 12.1 Å². The predicted molar refractivity (Wildman–Crippen MR) is 59.7 cm³/mol. The lowest BCUT2D eigenvalue weighted by Gasteiger charge is -2.06. The molecule has 1 N–H and O–H groups in total. The molecule has 0 saturated carbocycles. The van der Waals surface area contributed by atoms with Crippen LogP contribution in [-0.2, 0) is 4.79 Å². The molecule has 0 radical (unpaired) electrons.